The van der Waals surface area contributed by atoms with Gasteiger partial charge >= 0.3 is 0 Å². The summed E-state index contributed by atoms with van der Waals surface area (Å²) in [4.78, 5) is 22.7. The van der Waals surface area contributed by atoms with Crippen molar-refractivity contribution in [3.05, 3.63) is 73.4 Å². The highest BCUT2D eigenvalue weighted by atomic mass is 79.9. The van der Waals surface area contributed by atoms with Gasteiger partial charge in [0, 0.05) is 18.5 Å². The van der Waals surface area contributed by atoms with Gasteiger partial charge < -0.3 is 4.57 Å². The molecule has 2 aromatic heterocycles. The Morgan fingerprint density at radius 1 is 1.29 bits per heavy atom. The number of nitro groups is 1. The van der Waals surface area contributed by atoms with Crippen LogP contribution < -0.4 is 5.56 Å². The zero-order chi connectivity index (χ0) is 15.0. The Balaban J connectivity index is 2.07. The molecule has 0 atom stereocenters. The lowest BCUT2D eigenvalue weighted by atomic mass is 10.2. The van der Waals surface area contributed by atoms with Crippen LogP contribution in [0.1, 0.15) is 5.56 Å². The van der Waals surface area contributed by atoms with Crippen LogP contribution in [-0.4, -0.2) is 19.1 Å². The average Bonchev–Trinajstić information content (AvgIpc) is 2.93. The molecule has 0 saturated heterocycles. The number of benzene rings is 1. The maximum absolute atomic E-state index is 12.3. The minimum absolute atomic E-state index is 0.0222. The molecular formula is C13H9BrN4O3. The Bertz CT molecular complexity index is 900. The van der Waals surface area contributed by atoms with Crippen molar-refractivity contribution in [3.63, 3.8) is 0 Å². The predicted octanol–water partition coefficient (Wildman–Crippen LogP) is 2.21. The molecule has 0 aliphatic carbocycles. The SMILES string of the molecule is O=c1c2ccnn2ccn1Cc1cccc([N+](=O)[O-])c1Br. The summed E-state index contributed by atoms with van der Waals surface area (Å²) >= 11 is 3.23. The number of hydrogen-bond donors (Lipinski definition) is 0. The number of fused-ring (bicyclic) bond motifs is 1. The van der Waals surface area contributed by atoms with Crippen LogP contribution in [0.25, 0.3) is 5.52 Å². The lowest BCUT2D eigenvalue weighted by molar-refractivity contribution is -0.385. The van der Waals surface area contributed by atoms with Crippen LogP contribution in [0.2, 0.25) is 0 Å². The summed E-state index contributed by atoms with van der Waals surface area (Å²) in [5, 5.41) is 14.9. The molecule has 3 aromatic rings. The standard InChI is InChI=1S/C13H9BrN4O3/c14-12-9(2-1-3-10(12)18(20)21)8-16-6-7-17-11(13(16)19)4-5-15-17/h1-7H,8H2. The third-order valence-corrected chi connectivity index (χ3v) is 4.05. The van der Waals surface area contributed by atoms with Crippen LogP contribution in [0.4, 0.5) is 5.69 Å². The highest BCUT2D eigenvalue weighted by Gasteiger charge is 2.15. The van der Waals surface area contributed by atoms with E-state index in [4.69, 9.17) is 0 Å². The molecule has 0 unspecified atom stereocenters. The Morgan fingerprint density at radius 2 is 2.10 bits per heavy atom. The van der Waals surface area contributed by atoms with Crippen LogP contribution in [0, 0.1) is 10.1 Å². The number of halogens is 1. The molecule has 3 rings (SSSR count). The van der Waals surface area contributed by atoms with Gasteiger partial charge in [-0.25, -0.2) is 4.52 Å². The van der Waals surface area contributed by atoms with E-state index in [2.05, 4.69) is 21.0 Å². The predicted molar refractivity (Wildman–Crippen MR) is 79.4 cm³/mol. The number of hydrogen-bond acceptors (Lipinski definition) is 4. The van der Waals surface area contributed by atoms with E-state index in [1.807, 2.05) is 0 Å². The molecule has 21 heavy (non-hydrogen) atoms. The summed E-state index contributed by atoms with van der Waals surface area (Å²) in [6.45, 7) is 0.239. The average molecular weight is 349 g/mol. The molecule has 0 spiro atoms. The van der Waals surface area contributed by atoms with E-state index >= 15 is 0 Å². The highest BCUT2D eigenvalue weighted by Crippen LogP contribution is 2.28. The molecule has 0 saturated carbocycles. The minimum atomic E-state index is -0.462. The molecule has 106 valence electrons. The summed E-state index contributed by atoms with van der Waals surface area (Å²) in [7, 11) is 0. The number of rotatable bonds is 3. The first-order valence-corrected chi connectivity index (χ1v) is 6.82. The van der Waals surface area contributed by atoms with Crippen molar-refractivity contribution < 1.29 is 4.92 Å². The van der Waals surface area contributed by atoms with Crippen molar-refractivity contribution in [3.8, 4) is 0 Å². The Kier molecular flexibility index (Phi) is 3.30. The van der Waals surface area contributed by atoms with Crippen molar-refractivity contribution >= 4 is 27.1 Å². The fraction of sp³-hybridized carbons (Fsp3) is 0.0769. The van der Waals surface area contributed by atoms with Crippen LogP contribution in [0.3, 0.4) is 0 Å². The molecule has 0 aliphatic rings. The van der Waals surface area contributed by atoms with E-state index in [-0.39, 0.29) is 17.8 Å². The zero-order valence-corrected chi connectivity index (χ0v) is 12.2. The maximum atomic E-state index is 12.3. The molecule has 1 aromatic carbocycles. The van der Waals surface area contributed by atoms with Crippen molar-refractivity contribution in [2.75, 3.05) is 0 Å². The molecule has 2 heterocycles. The minimum Gasteiger partial charge on any atom is -0.308 e. The molecule has 7 nitrogen and oxygen atoms in total. The molecule has 8 heteroatoms. The molecule has 0 amide bonds. The number of aromatic nitrogens is 3. The van der Waals surface area contributed by atoms with Gasteiger partial charge in [0.05, 0.1) is 17.7 Å². The van der Waals surface area contributed by atoms with E-state index in [0.717, 1.165) is 0 Å². The summed E-state index contributed by atoms with van der Waals surface area (Å²) in [6, 6.07) is 6.38. The van der Waals surface area contributed by atoms with Gasteiger partial charge in [-0.2, -0.15) is 5.10 Å². The second-order valence-electron chi connectivity index (χ2n) is 4.40. The Hall–Kier alpha value is -2.48. The van der Waals surface area contributed by atoms with Gasteiger partial charge in [0.15, 0.2) is 0 Å². The Morgan fingerprint density at radius 3 is 2.86 bits per heavy atom. The van der Waals surface area contributed by atoms with Gasteiger partial charge in [-0.05, 0) is 27.6 Å². The highest BCUT2D eigenvalue weighted by molar-refractivity contribution is 9.10. The number of nitrogens with zero attached hydrogens (tertiary/aromatic N) is 4. The molecule has 0 fully saturated rings. The molecule has 0 aliphatic heterocycles. The van der Waals surface area contributed by atoms with Gasteiger partial charge in [-0.3, -0.25) is 14.9 Å². The summed E-state index contributed by atoms with van der Waals surface area (Å²) < 4.78 is 3.36. The molecule has 0 radical (unpaired) electrons. The summed E-state index contributed by atoms with van der Waals surface area (Å²) in [5.41, 5.74) is 0.897. The van der Waals surface area contributed by atoms with E-state index in [1.165, 1.54) is 15.1 Å². The number of nitro benzene ring substituents is 1. The van der Waals surface area contributed by atoms with Crippen LogP contribution >= 0.6 is 15.9 Å². The summed E-state index contributed by atoms with van der Waals surface area (Å²) in [5.74, 6) is 0. The lowest BCUT2D eigenvalue weighted by Gasteiger charge is -2.08. The molecular weight excluding hydrogens is 340 g/mol. The first kappa shape index (κ1) is 13.5. The van der Waals surface area contributed by atoms with Gasteiger partial charge in [0.2, 0.25) is 0 Å². The third-order valence-electron chi connectivity index (χ3n) is 3.13. The van der Waals surface area contributed by atoms with Gasteiger partial charge in [0.1, 0.15) is 9.99 Å². The fourth-order valence-electron chi connectivity index (χ4n) is 2.10. The first-order chi connectivity index (χ1) is 10.1. The van der Waals surface area contributed by atoms with E-state index in [1.54, 1.807) is 36.8 Å². The Labute approximate surface area is 126 Å². The fourth-order valence-corrected chi connectivity index (χ4v) is 2.63. The van der Waals surface area contributed by atoms with Gasteiger partial charge in [0.25, 0.3) is 11.2 Å². The lowest BCUT2D eigenvalue weighted by Crippen LogP contribution is -2.22. The zero-order valence-electron chi connectivity index (χ0n) is 10.6. The third kappa shape index (κ3) is 2.33. The van der Waals surface area contributed by atoms with Crippen LogP contribution in [0.5, 0.6) is 0 Å². The van der Waals surface area contributed by atoms with Gasteiger partial charge in [-0.1, -0.05) is 12.1 Å². The second kappa shape index (κ2) is 5.13. The van der Waals surface area contributed by atoms with E-state index in [9.17, 15) is 14.9 Å². The largest absolute Gasteiger partial charge is 0.308 e. The molecule has 0 bridgehead atoms. The van der Waals surface area contributed by atoms with Crippen molar-refractivity contribution in [2.45, 2.75) is 6.54 Å². The smallest absolute Gasteiger partial charge is 0.283 e. The van der Waals surface area contributed by atoms with Crippen LogP contribution in [-0.2, 0) is 6.54 Å². The van der Waals surface area contributed by atoms with Crippen LogP contribution in [0.15, 0.2) is 52.1 Å². The monoisotopic (exact) mass is 348 g/mol. The van der Waals surface area contributed by atoms with E-state index < -0.39 is 4.92 Å². The topological polar surface area (TPSA) is 82.4 Å². The second-order valence-corrected chi connectivity index (χ2v) is 5.19. The van der Waals surface area contributed by atoms with E-state index in [0.29, 0.717) is 15.6 Å². The normalized spacial score (nSPS) is 10.9. The van der Waals surface area contributed by atoms with Crippen molar-refractivity contribution in [2.24, 2.45) is 0 Å². The maximum Gasteiger partial charge on any atom is 0.283 e. The van der Waals surface area contributed by atoms with Gasteiger partial charge in [-0.15, -0.1) is 0 Å². The van der Waals surface area contributed by atoms with Crippen molar-refractivity contribution in [1.82, 2.24) is 14.2 Å². The first-order valence-electron chi connectivity index (χ1n) is 6.02. The quantitative estimate of drug-likeness (QED) is 0.536. The van der Waals surface area contributed by atoms with Crippen molar-refractivity contribution in [1.29, 1.82) is 0 Å². The molecule has 0 N–H and O–H groups in total. The summed E-state index contributed by atoms with van der Waals surface area (Å²) in [6.07, 6.45) is 4.82.